The summed E-state index contributed by atoms with van der Waals surface area (Å²) in [4.78, 5) is 0. The molecule has 1 N–H and O–H groups in total. The summed E-state index contributed by atoms with van der Waals surface area (Å²) in [5, 5.41) is 14.2. The van der Waals surface area contributed by atoms with Crippen LogP contribution in [0.15, 0.2) is 152 Å². The van der Waals surface area contributed by atoms with Gasteiger partial charge in [-0.1, -0.05) is 178 Å². The zero-order valence-electron chi connectivity index (χ0n) is 26.0. The molecule has 45 heavy (non-hydrogen) atoms. The summed E-state index contributed by atoms with van der Waals surface area (Å²) in [6, 6.07) is 50.8. The first-order valence-electron chi connectivity index (χ1n) is 16.2. The van der Waals surface area contributed by atoms with Gasteiger partial charge in [-0.2, -0.15) is 0 Å². The molecule has 6 rings (SSSR count). The molecule has 1 aliphatic carbocycles. The highest BCUT2D eigenvalue weighted by Gasteiger charge is 2.52. The van der Waals surface area contributed by atoms with Gasteiger partial charge in [-0.05, 0) is 35.4 Å². The number of ether oxygens (including phenoxy) is 1. The van der Waals surface area contributed by atoms with Crippen LogP contribution in [0.2, 0.25) is 0 Å². The summed E-state index contributed by atoms with van der Waals surface area (Å²) in [6.45, 7) is 2.43. The largest absolute Gasteiger partial charge is 0.389 e. The normalized spacial score (nSPS) is 16.5. The predicted octanol–water partition coefficient (Wildman–Crippen LogP) is 8.71. The third-order valence-corrected chi connectivity index (χ3v) is 13.5. The first kappa shape index (κ1) is 31.2. The maximum atomic E-state index is 16.0. The van der Waals surface area contributed by atoms with Crippen molar-refractivity contribution in [2.75, 3.05) is 6.61 Å². The highest BCUT2D eigenvalue weighted by atomic mass is 31.2. The van der Waals surface area contributed by atoms with Crippen molar-refractivity contribution in [3.63, 3.8) is 0 Å². The van der Waals surface area contributed by atoms with E-state index in [1.54, 1.807) is 0 Å². The van der Waals surface area contributed by atoms with E-state index in [9.17, 15) is 5.11 Å². The van der Waals surface area contributed by atoms with E-state index in [1.165, 1.54) is 0 Å². The van der Waals surface area contributed by atoms with Crippen LogP contribution < -0.4 is 10.6 Å². The highest BCUT2D eigenvalue weighted by molar-refractivity contribution is 7.79. The van der Waals surface area contributed by atoms with Gasteiger partial charge in [-0.25, -0.2) is 0 Å². The molecule has 0 aromatic heterocycles. The fraction of sp³-hybridized carbons (Fsp3) is 0.268. The van der Waals surface area contributed by atoms with Crippen molar-refractivity contribution >= 4 is 17.8 Å². The van der Waals surface area contributed by atoms with Gasteiger partial charge >= 0.3 is 0 Å². The quantitative estimate of drug-likeness (QED) is 0.120. The van der Waals surface area contributed by atoms with Gasteiger partial charge in [-0.15, -0.1) is 0 Å². The Bertz CT molecular complexity index is 1530. The molecule has 0 heterocycles. The smallest absolute Gasteiger partial charge is 0.149 e. The van der Waals surface area contributed by atoms with Crippen LogP contribution in [0.4, 0.5) is 0 Å². The van der Waals surface area contributed by atoms with E-state index in [2.05, 4.69) is 79.7 Å². The second-order valence-corrected chi connectivity index (χ2v) is 15.4. The van der Waals surface area contributed by atoms with Gasteiger partial charge in [0.2, 0.25) is 0 Å². The molecule has 0 spiro atoms. The summed E-state index contributed by atoms with van der Waals surface area (Å²) in [7, 11) is -3.35. The van der Waals surface area contributed by atoms with Crippen molar-refractivity contribution in [3.8, 4) is 0 Å². The van der Waals surface area contributed by atoms with Crippen LogP contribution in [0.5, 0.6) is 0 Å². The van der Waals surface area contributed by atoms with E-state index in [1.807, 2.05) is 78.9 Å². The van der Waals surface area contributed by atoms with Crippen molar-refractivity contribution in [2.24, 2.45) is 5.92 Å². The number of hydrogen-bond acceptors (Lipinski definition) is 3. The average Bonchev–Trinajstić information content (AvgIpc) is 3.11. The monoisotopic (exact) mass is 614 g/mol. The van der Waals surface area contributed by atoms with Gasteiger partial charge in [0, 0.05) is 10.6 Å². The Kier molecular flexibility index (Phi) is 9.52. The molecule has 1 fully saturated rings. The summed E-state index contributed by atoms with van der Waals surface area (Å²) in [5.74, 6) is -0.241. The van der Waals surface area contributed by atoms with E-state index in [0.717, 1.165) is 46.6 Å². The Hall–Kier alpha value is -3.75. The molecule has 5 aromatic carbocycles. The lowest BCUT2D eigenvalue weighted by Gasteiger charge is -2.47. The minimum Gasteiger partial charge on any atom is -0.389 e. The Morgan fingerprint density at radius 3 is 1.36 bits per heavy atom. The van der Waals surface area contributed by atoms with E-state index in [-0.39, 0.29) is 5.92 Å². The molecule has 5 aromatic rings. The molecule has 4 heteroatoms. The lowest BCUT2D eigenvalue weighted by atomic mass is 9.78. The lowest BCUT2D eigenvalue weighted by Crippen LogP contribution is -2.51. The molecule has 3 nitrogen and oxygen atoms in total. The van der Waals surface area contributed by atoms with E-state index >= 15 is 4.57 Å². The summed E-state index contributed by atoms with van der Waals surface area (Å²) < 4.78 is 23.3. The Morgan fingerprint density at radius 1 is 0.622 bits per heavy atom. The summed E-state index contributed by atoms with van der Waals surface area (Å²) in [5.41, 5.74) is 0.555. The fourth-order valence-corrected chi connectivity index (χ4v) is 11.5. The average molecular weight is 615 g/mol. The van der Waals surface area contributed by atoms with Crippen molar-refractivity contribution < 1.29 is 14.4 Å². The standard InChI is InChI=1S/C41H43O3P/c1-33(32-44-41(34-20-8-2-9-21-34,35-22-10-3-11-23-35)36-24-12-4-13-25-36)39(40(42)30-18-7-19-31-40)45(43,37-26-14-5-15-27-37)38-28-16-6-17-29-38/h2-6,8-17,20-29,33,39,42H,7,18-19,30-32H2,1H3/t33-,39+/m1/s1. The third-order valence-electron chi connectivity index (χ3n) is 9.58. The van der Waals surface area contributed by atoms with E-state index in [4.69, 9.17) is 4.74 Å². The second-order valence-electron chi connectivity index (χ2n) is 12.5. The van der Waals surface area contributed by atoms with Crippen LogP contribution in [-0.4, -0.2) is 23.0 Å². The maximum absolute atomic E-state index is 16.0. The molecule has 0 bridgehead atoms. The molecule has 2 atom stereocenters. The number of hydrogen-bond donors (Lipinski definition) is 1. The number of rotatable bonds is 11. The van der Waals surface area contributed by atoms with Crippen molar-refractivity contribution in [1.29, 1.82) is 0 Å². The highest BCUT2D eigenvalue weighted by Crippen LogP contribution is 2.58. The zero-order chi connectivity index (χ0) is 31.2. The zero-order valence-corrected chi connectivity index (χ0v) is 26.9. The van der Waals surface area contributed by atoms with Crippen molar-refractivity contribution in [2.45, 2.75) is 55.9 Å². The van der Waals surface area contributed by atoms with Crippen LogP contribution in [-0.2, 0) is 14.9 Å². The molecule has 230 valence electrons. The van der Waals surface area contributed by atoms with Crippen LogP contribution in [0, 0.1) is 5.92 Å². The van der Waals surface area contributed by atoms with Gasteiger partial charge in [0.15, 0.2) is 0 Å². The van der Waals surface area contributed by atoms with Gasteiger partial charge in [0.25, 0.3) is 0 Å². The minimum absolute atomic E-state index is 0.241. The van der Waals surface area contributed by atoms with Gasteiger partial charge in [0.1, 0.15) is 12.7 Å². The van der Waals surface area contributed by atoms with E-state index < -0.39 is 24.0 Å². The summed E-state index contributed by atoms with van der Waals surface area (Å²) in [6.07, 6.45) is 4.19. The SMILES string of the molecule is C[C@H](COC(c1ccccc1)(c1ccccc1)c1ccccc1)[C@@H](C1(O)CCCCC1)P(=O)(c1ccccc1)c1ccccc1. The molecule has 1 aliphatic rings. The van der Waals surface area contributed by atoms with Crippen LogP contribution >= 0.6 is 7.14 Å². The topological polar surface area (TPSA) is 46.5 Å². The molecular formula is C41H43O3P. The molecule has 0 unspecified atom stereocenters. The Balaban J connectivity index is 1.50. The van der Waals surface area contributed by atoms with E-state index in [0.29, 0.717) is 19.4 Å². The Labute approximate surface area is 268 Å². The van der Waals surface area contributed by atoms with Crippen LogP contribution in [0.3, 0.4) is 0 Å². The van der Waals surface area contributed by atoms with Gasteiger partial charge in [0.05, 0.1) is 17.9 Å². The number of aliphatic hydroxyl groups is 1. The van der Waals surface area contributed by atoms with Crippen molar-refractivity contribution in [1.82, 2.24) is 0 Å². The van der Waals surface area contributed by atoms with Gasteiger partial charge in [-0.3, -0.25) is 0 Å². The van der Waals surface area contributed by atoms with Crippen molar-refractivity contribution in [3.05, 3.63) is 168 Å². The maximum Gasteiger partial charge on any atom is 0.149 e. The third kappa shape index (κ3) is 6.10. The molecule has 0 saturated heterocycles. The second kappa shape index (κ2) is 13.7. The minimum atomic E-state index is -3.35. The number of benzene rings is 5. The first-order chi connectivity index (χ1) is 22.0. The van der Waals surface area contributed by atoms with Gasteiger partial charge < -0.3 is 14.4 Å². The van der Waals surface area contributed by atoms with Crippen LogP contribution in [0.25, 0.3) is 0 Å². The Morgan fingerprint density at radius 2 is 0.978 bits per heavy atom. The molecule has 0 radical (unpaired) electrons. The fourth-order valence-electron chi connectivity index (χ4n) is 7.57. The molecular weight excluding hydrogens is 571 g/mol. The molecule has 1 saturated carbocycles. The van der Waals surface area contributed by atoms with Crippen LogP contribution in [0.1, 0.15) is 55.7 Å². The molecule has 0 amide bonds. The molecule has 0 aliphatic heterocycles. The lowest BCUT2D eigenvalue weighted by molar-refractivity contribution is -0.0462. The summed E-state index contributed by atoms with van der Waals surface area (Å²) >= 11 is 0. The first-order valence-corrected chi connectivity index (χ1v) is 18.0. The predicted molar refractivity (Wildman–Crippen MR) is 186 cm³/mol.